The van der Waals surface area contributed by atoms with Gasteiger partial charge in [-0.3, -0.25) is 9.78 Å². The predicted octanol–water partition coefficient (Wildman–Crippen LogP) is 5.05. The highest BCUT2D eigenvalue weighted by Crippen LogP contribution is 2.44. The lowest BCUT2D eigenvalue weighted by atomic mass is 9.76. The Kier molecular flexibility index (Phi) is 4.01. The SMILES string of the molecule is O=C1CC(CNc2cc(Cl)cc3c2[nH]c2cnccc23)C2(CCCCC2)O1. The Balaban J connectivity index is 1.47. The molecule has 1 atom stereocenters. The average Bonchev–Trinajstić information content (AvgIpc) is 3.18. The molecule has 2 N–H and O–H groups in total. The molecule has 0 radical (unpaired) electrons. The molecular weight excluding hydrogens is 362 g/mol. The largest absolute Gasteiger partial charge is 0.459 e. The van der Waals surface area contributed by atoms with Crippen molar-refractivity contribution in [3.05, 3.63) is 35.6 Å². The molecule has 0 bridgehead atoms. The summed E-state index contributed by atoms with van der Waals surface area (Å²) in [7, 11) is 0. The molecule has 1 aliphatic carbocycles. The molecule has 0 amide bonds. The lowest BCUT2D eigenvalue weighted by Crippen LogP contribution is -2.40. The highest BCUT2D eigenvalue weighted by Gasteiger charge is 2.49. The summed E-state index contributed by atoms with van der Waals surface area (Å²) >= 11 is 6.39. The van der Waals surface area contributed by atoms with Crippen LogP contribution in [-0.4, -0.2) is 28.1 Å². The Morgan fingerprint density at radius 3 is 2.96 bits per heavy atom. The van der Waals surface area contributed by atoms with Gasteiger partial charge in [0, 0.05) is 34.5 Å². The molecule has 27 heavy (non-hydrogen) atoms. The minimum absolute atomic E-state index is 0.0587. The van der Waals surface area contributed by atoms with Crippen LogP contribution in [0, 0.1) is 5.92 Å². The van der Waals surface area contributed by atoms with Crippen molar-refractivity contribution >= 4 is 45.1 Å². The molecule has 2 aromatic heterocycles. The first-order valence-corrected chi connectivity index (χ1v) is 10.0. The number of pyridine rings is 1. The molecule has 1 unspecified atom stereocenters. The molecule has 3 aromatic rings. The third kappa shape index (κ3) is 2.85. The van der Waals surface area contributed by atoms with Gasteiger partial charge in [0.25, 0.3) is 0 Å². The zero-order valence-electron chi connectivity index (χ0n) is 15.1. The van der Waals surface area contributed by atoms with Crippen molar-refractivity contribution in [2.24, 2.45) is 5.92 Å². The van der Waals surface area contributed by atoms with Gasteiger partial charge in [-0.2, -0.15) is 0 Å². The second-order valence-electron chi connectivity index (χ2n) is 7.80. The van der Waals surface area contributed by atoms with E-state index in [1.54, 1.807) is 6.20 Å². The number of benzene rings is 1. The van der Waals surface area contributed by atoms with Crippen molar-refractivity contribution in [2.75, 3.05) is 11.9 Å². The molecule has 2 fully saturated rings. The van der Waals surface area contributed by atoms with Crippen LogP contribution in [0.15, 0.2) is 30.6 Å². The summed E-state index contributed by atoms with van der Waals surface area (Å²) in [5.74, 6) is 0.141. The summed E-state index contributed by atoms with van der Waals surface area (Å²) in [6.45, 7) is 0.703. The molecule has 6 heteroatoms. The maximum Gasteiger partial charge on any atom is 0.306 e. The number of hydrogen-bond donors (Lipinski definition) is 2. The van der Waals surface area contributed by atoms with Gasteiger partial charge in [-0.1, -0.05) is 18.0 Å². The van der Waals surface area contributed by atoms with Gasteiger partial charge in [0.2, 0.25) is 0 Å². The molecule has 140 valence electrons. The Morgan fingerprint density at radius 1 is 1.26 bits per heavy atom. The summed E-state index contributed by atoms with van der Waals surface area (Å²) in [5, 5.41) is 6.43. The number of H-pyrrole nitrogens is 1. The molecule has 2 aliphatic rings. The highest BCUT2D eigenvalue weighted by molar-refractivity contribution is 6.32. The first-order chi connectivity index (χ1) is 13.1. The van der Waals surface area contributed by atoms with Gasteiger partial charge in [-0.25, -0.2) is 0 Å². The van der Waals surface area contributed by atoms with Crippen LogP contribution in [0.25, 0.3) is 21.8 Å². The van der Waals surface area contributed by atoms with Gasteiger partial charge in [-0.05, 0) is 43.9 Å². The number of hydrogen-bond acceptors (Lipinski definition) is 4. The Hall–Kier alpha value is -2.27. The third-order valence-electron chi connectivity index (χ3n) is 6.19. The van der Waals surface area contributed by atoms with Crippen LogP contribution in [-0.2, 0) is 9.53 Å². The number of carbonyl (C=O) groups is 1. The van der Waals surface area contributed by atoms with Crippen molar-refractivity contribution in [3.8, 4) is 0 Å². The van der Waals surface area contributed by atoms with Gasteiger partial charge >= 0.3 is 5.97 Å². The molecular formula is C21H22ClN3O2. The third-order valence-corrected chi connectivity index (χ3v) is 6.41. The number of nitrogens with one attached hydrogen (secondary N) is 2. The van der Waals surface area contributed by atoms with E-state index in [0.29, 0.717) is 18.0 Å². The quantitative estimate of drug-likeness (QED) is 0.621. The summed E-state index contributed by atoms with van der Waals surface area (Å²) in [6, 6.07) is 5.92. The molecule has 1 aliphatic heterocycles. The number of esters is 1. The summed E-state index contributed by atoms with van der Waals surface area (Å²) in [6.07, 6.45) is 9.58. The lowest BCUT2D eigenvalue weighted by Gasteiger charge is -2.37. The first-order valence-electron chi connectivity index (χ1n) is 9.65. The van der Waals surface area contributed by atoms with Crippen LogP contribution in [0.2, 0.25) is 5.02 Å². The number of aromatic nitrogens is 2. The lowest BCUT2D eigenvalue weighted by molar-refractivity contribution is -0.152. The summed E-state index contributed by atoms with van der Waals surface area (Å²) in [4.78, 5) is 19.7. The van der Waals surface area contributed by atoms with E-state index in [1.165, 1.54) is 6.42 Å². The van der Waals surface area contributed by atoms with Crippen LogP contribution in [0.5, 0.6) is 0 Å². The smallest absolute Gasteiger partial charge is 0.306 e. The van der Waals surface area contributed by atoms with Gasteiger partial charge in [0.1, 0.15) is 5.60 Å². The van der Waals surface area contributed by atoms with Crippen molar-refractivity contribution in [3.63, 3.8) is 0 Å². The van der Waals surface area contributed by atoms with E-state index < -0.39 is 0 Å². The van der Waals surface area contributed by atoms with Crippen LogP contribution in [0.4, 0.5) is 5.69 Å². The van der Waals surface area contributed by atoms with Gasteiger partial charge in [0.05, 0.1) is 29.3 Å². The molecule has 1 saturated heterocycles. The molecule has 5 rings (SSSR count). The zero-order chi connectivity index (χ0) is 18.4. The summed E-state index contributed by atoms with van der Waals surface area (Å²) < 4.78 is 5.83. The van der Waals surface area contributed by atoms with E-state index >= 15 is 0 Å². The Bertz CT molecular complexity index is 1020. The molecule has 3 heterocycles. The van der Waals surface area contributed by atoms with E-state index in [9.17, 15) is 4.79 Å². The normalized spacial score (nSPS) is 21.8. The summed E-state index contributed by atoms with van der Waals surface area (Å²) in [5.41, 5.74) is 2.69. The van der Waals surface area contributed by atoms with Crippen molar-refractivity contribution in [1.82, 2.24) is 9.97 Å². The fourth-order valence-electron chi connectivity index (χ4n) is 4.85. The highest BCUT2D eigenvalue weighted by atomic mass is 35.5. The van der Waals surface area contributed by atoms with E-state index in [1.807, 2.05) is 24.4 Å². The first kappa shape index (κ1) is 16.9. The number of anilines is 1. The topological polar surface area (TPSA) is 67.0 Å². The minimum Gasteiger partial charge on any atom is -0.459 e. The van der Waals surface area contributed by atoms with Gasteiger partial charge < -0.3 is 15.0 Å². The number of ether oxygens (including phenoxy) is 1. The standard InChI is InChI=1S/C21H22ClN3O2/c22-14-9-16-15-4-7-23-12-18(15)25-20(16)17(10-14)24-11-13-8-19(26)27-21(13)5-2-1-3-6-21/h4,7,9-10,12-13,24-25H,1-3,5-6,8,11H2. The van der Waals surface area contributed by atoms with E-state index in [2.05, 4.69) is 15.3 Å². The van der Waals surface area contributed by atoms with Crippen LogP contribution in [0.3, 0.4) is 0 Å². The minimum atomic E-state index is -0.273. The fraction of sp³-hybridized carbons (Fsp3) is 0.429. The maximum atomic E-state index is 12.0. The van der Waals surface area contributed by atoms with Crippen molar-refractivity contribution in [2.45, 2.75) is 44.1 Å². The van der Waals surface area contributed by atoms with Crippen LogP contribution in [0.1, 0.15) is 38.5 Å². The Labute approximate surface area is 162 Å². The Morgan fingerprint density at radius 2 is 2.11 bits per heavy atom. The number of fused-ring (bicyclic) bond motifs is 3. The monoisotopic (exact) mass is 383 g/mol. The van der Waals surface area contributed by atoms with E-state index in [4.69, 9.17) is 16.3 Å². The molecule has 5 nitrogen and oxygen atoms in total. The van der Waals surface area contributed by atoms with Crippen LogP contribution >= 0.6 is 11.6 Å². The number of aromatic amines is 1. The number of halogens is 1. The average molecular weight is 384 g/mol. The maximum absolute atomic E-state index is 12.0. The van der Waals surface area contributed by atoms with Gasteiger partial charge in [-0.15, -0.1) is 0 Å². The number of carbonyl (C=O) groups excluding carboxylic acids is 1. The van der Waals surface area contributed by atoms with Gasteiger partial charge in [0.15, 0.2) is 0 Å². The molecule has 1 saturated carbocycles. The zero-order valence-corrected chi connectivity index (χ0v) is 15.8. The number of rotatable bonds is 3. The molecule has 1 spiro atoms. The second-order valence-corrected chi connectivity index (χ2v) is 8.24. The predicted molar refractivity (Wildman–Crippen MR) is 107 cm³/mol. The van der Waals surface area contributed by atoms with Crippen molar-refractivity contribution in [1.29, 1.82) is 0 Å². The number of nitrogens with zero attached hydrogens (tertiary/aromatic N) is 1. The fourth-order valence-corrected chi connectivity index (χ4v) is 5.07. The van der Waals surface area contributed by atoms with Crippen LogP contribution < -0.4 is 5.32 Å². The molecule has 1 aromatic carbocycles. The van der Waals surface area contributed by atoms with E-state index in [0.717, 1.165) is 53.2 Å². The van der Waals surface area contributed by atoms with Crippen molar-refractivity contribution < 1.29 is 9.53 Å². The second kappa shape index (κ2) is 6.41. The van der Waals surface area contributed by atoms with E-state index in [-0.39, 0.29) is 17.5 Å².